The molecule has 7 nitrogen and oxygen atoms in total. The summed E-state index contributed by atoms with van der Waals surface area (Å²) in [6.07, 6.45) is 6.48. The number of nitrogens with zero attached hydrogens (tertiary/aromatic N) is 3. The van der Waals surface area contributed by atoms with Gasteiger partial charge in [-0.3, -0.25) is 0 Å². The smallest absolute Gasteiger partial charge is 0.410 e. The van der Waals surface area contributed by atoms with Crippen LogP contribution >= 0.6 is 0 Å². The number of fused-ring (bicyclic) bond motifs is 2. The first kappa shape index (κ1) is 15.7. The number of hydrogen-bond donors (Lipinski definition) is 1. The number of carbonyl (C=O) groups is 2. The van der Waals surface area contributed by atoms with E-state index in [1.165, 1.54) is 0 Å². The van der Waals surface area contributed by atoms with E-state index < -0.39 is 6.09 Å². The van der Waals surface area contributed by atoms with E-state index in [2.05, 4.69) is 4.90 Å². The monoisotopic (exact) mass is 349 g/mol. The quantitative estimate of drug-likeness (QED) is 0.783. The molecule has 138 valence electrons. The Bertz CT molecular complexity index is 595. The lowest BCUT2D eigenvalue weighted by Gasteiger charge is -2.52. The summed E-state index contributed by atoms with van der Waals surface area (Å²) in [6, 6.07) is 0.886. The zero-order valence-corrected chi connectivity index (χ0v) is 14.7. The number of carboxylic acid groups (broad SMARTS) is 1. The first-order valence-corrected chi connectivity index (χ1v) is 9.72. The molecule has 1 N–H and O–H groups in total. The molecule has 1 saturated carbocycles. The van der Waals surface area contributed by atoms with Crippen molar-refractivity contribution in [1.29, 1.82) is 0 Å². The highest BCUT2D eigenvalue weighted by molar-refractivity contribution is 5.72. The van der Waals surface area contributed by atoms with Crippen LogP contribution in [0.3, 0.4) is 0 Å². The standard InChI is InChI=1S/C18H27N3O4/c22-15(23)20-7-3-17(12-20)10-13(11-17)19-8-4-18(5-9-19)14-2-1-6-21(14)16(24)25-18/h13-14H,1-12H2,(H,22,23). The van der Waals surface area contributed by atoms with Crippen LogP contribution in [0.4, 0.5) is 9.59 Å². The first-order valence-electron chi connectivity index (χ1n) is 9.72. The lowest BCUT2D eigenvalue weighted by atomic mass is 9.64. The van der Waals surface area contributed by atoms with Crippen LogP contribution in [-0.4, -0.2) is 82.4 Å². The van der Waals surface area contributed by atoms with Gasteiger partial charge < -0.3 is 24.5 Å². The average Bonchev–Trinajstić information content (AvgIpc) is 3.25. The Morgan fingerprint density at radius 2 is 1.88 bits per heavy atom. The Hall–Kier alpha value is -1.50. The summed E-state index contributed by atoms with van der Waals surface area (Å²) in [6.45, 7) is 4.27. The lowest BCUT2D eigenvalue weighted by Crippen LogP contribution is -2.58. The number of piperidine rings is 1. The fourth-order valence-corrected chi connectivity index (χ4v) is 6.17. The maximum Gasteiger partial charge on any atom is 0.410 e. The number of likely N-dealkylation sites (tertiary alicyclic amines) is 2. The highest BCUT2D eigenvalue weighted by Gasteiger charge is 2.58. The summed E-state index contributed by atoms with van der Waals surface area (Å²) in [7, 11) is 0. The van der Waals surface area contributed by atoms with Crippen molar-refractivity contribution in [2.45, 2.75) is 62.6 Å². The van der Waals surface area contributed by atoms with Gasteiger partial charge in [-0.25, -0.2) is 9.59 Å². The molecule has 4 saturated heterocycles. The third-order valence-electron chi connectivity index (χ3n) is 7.59. The topological polar surface area (TPSA) is 73.3 Å². The second-order valence-corrected chi connectivity index (χ2v) is 8.84. The van der Waals surface area contributed by atoms with Crippen LogP contribution in [-0.2, 0) is 4.74 Å². The van der Waals surface area contributed by atoms with Gasteiger partial charge in [0.05, 0.1) is 6.04 Å². The number of amides is 2. The molecule has 5 aliphatic rings. The zero-order chi connectivity index (χ0) is 17.2. The van der Waals surface area contributed by atoms with Crippen molar-refractivity contribution in [2.75, 3.05) is 32.7 Å². The average molecular weight is 349 g/mol. The van der Waals surface area contributed by atoms with E-state index in [9.17, 15) is 9.59 Å². The van der Waals surface area contributed by atoms with Crippen molar-refractivity contribution >= 4 is 12.2 Å². The summed E-state index contributed by atoms with van der Waals surface area (Å²) >= 11 is 0. The Labute approximate surface area is 147 Å². The molecule has 5 rings (SSSR count). The van der Waals surface area contributed by atoms with Gasteiger partial charge in [0, 0.05) is 51.6 Å². The summed E-state index contributed by atoms with van der Waals surface area (Å²) in [5, 5.41) is 9.16. The first-order chi connectivity index (χ1) is 12.0. The maximum atomic E-state index is 12.1. The molecule has 4 heterocycles. The van der Waals surface area contributed by atoms with Crippen molar-refractivity contribution in [3.05, 3.63) is 0 Å². The summed E-state index contributed by atoms with van der Waals surface area (Å²) in [5.74, 6) is 0. The molecule has 1 unspecified atom stereocenters. The van der Waals surface area contributed by atoms with Crippen molar-refractivity contribution in [2.24, 2.45) is 5.41 Å². The van der Waals surface area contributed by atoms with Crippen molar-refractivity contribution in [1.82, 2.24) is 14.7 Å². The Balaban J connectivity index is 1.18. The van der Waals surface area contributed by atoms with Gasteiger partial charge >= 0.3 is 12.2 Å². The molecular weight excluding hydrogens is 322 g/mol. The largest absolute Gasteiger partial charge is 0.465 e. The van der Waals surface area contributed by atoms with E-state index in [1.807, 2.05) is 4.90 Å². The third kappa shape index (κ3) is 2.27. The second kappa shape index (κ2) is 5.25. The molecule has 1 aliphatic carbocycles. The molecule has 0 aromatic heterocycles. The van der Waals surface area contributed by atoms with Gasteiger partial charge in [-0.15, -0.1) is 0 Å². The molecule has 2 spiro atoms. The number of rotatable bonds is 1. The van der Waals surface area contributed by atoms with Crippen LogP contribution in [0.5, 0.6) is 0 Å². The molecule has 0 aromatic carbocycles. The predicted molar refractivity (Wildman–Crippen MR) is 89.4 cm³/mol. The minimum absolute atomic E-state index is 0.0988. The fourth-order valence-electron chi connectivity index (χ4n) is 6.17. The zero-order valence-electron chi connectivity index (χ0n) is 14.7. The van der Waals surface area contributed by atoms with E-state index in [1.54, 1.807) is 4.90 Å². The van der Waals surface area contributed by atoms with Gasteiger partial charge in [-0.1, -0.05) is 0 Å². The molecule has 2 amide bonds. The number of carbonyl (C=O) groups excluding carboxylic acids is 1. The molecular formula is C18H27N3O4. The second-order valence-electron chi connectivity index (χ2n) is 8.84. The molecule has 0 bridgehead atoms. The molecule has 7 heteroatoms. The van der Waals surface area contributed by atoms with Crippen LogP contribution in [0.25, 0.3) is 0 Å². The minimum Gasteiger partial charge on any atom is -0.465 e. The van der Waals surface area contributed by atoms with Crippen molar-refractivity contribution in [3.8, 4) is 0 Å². The molecule has 0 radical (unpaired) electrons. The van der Waals surface area contributed by atoms with Crippen LogP contribution in [0, 0.1) is 5.41 Å². The summed E-state index contributed by atoms with van der Waals surface area (Å²) in [5.41, 5.74) is -0.000744. The normalized spacial score (nSPS) is 39.8. The van der Waals surface area contributed by atoms with E-state index in [-0.39, 0.29) is 17.1 Å². The van der Waals surface area contributed by atoms with Gasteiger partial charge in [-0.2, -0.15) is 0 Å². The molecule has 25 heavy (non-hydrogen) atoms. The third-order valence-corrected chi connectivity index (χ3v) is 7.59. The van der Waals surface area contributed by atoms with E-state index in [0.29, 0.717) is 25.2 Å². The van der Waals surface area contributed by atoms with Gasteiger partial charge in [0.25, 0.3) is 0 Å². The van der Waals surface area contributed by atoms with E-state index in [4.69, 9.17) is 9.84 Å². The van der Waals surface area contributed by atoms with Gasteiger partial charge in [0.2, 0.25) is 0 Å². The Morgan fingerprint density at radius 1 is 1.12 bits per heavy atom. The maximum absolute atomic E-state index is 12.1. The van der Waals surface area contributed by atoms with E-state index >= 15 is 0 Å². The Morgan fingerprint density at radius 3 is 2.56 bits per heavy atom. The number of hydrogen-bond acceptors (Lipinski definition) is 4. The molecule has 4 aliphatic heterocycles. The number of ether oxygens (including phenoxy) is 1. The summed E-state index contributed by atoms with van der Waals surface area (Å²) < 4.78 is 5.86. The SMILES string of the molecule is O=C(O)N1CCC2(CC(N3CCC4(CC3)OC(=O)N3CCCC34)C2)C1. The predicted octanol–water partition coefficient (Wildman–Crippen LogP) is 1.97. The van der Waals surface area contributed by atoms with Gasteiger partial charge in [0.15, 0.2) is 0 Å². The van der Waals surface area contributed by atoms with Crippen LogP contribution in [0.2, 0.25) is 0 Å². The van der Waals surface area contributed by atoms with Crippen LogP contribution < -0.4 is 0 Å². The van der Waals surface area contributed by atoms with Gasteiger partial charge in [0.1, 0.15) is 5.60 Å². The van der Waals surface area contributed by atoms with Crippen LogP contribution in [0.15, 0.2) is 0 Å². The summed E-state index contributed by atoms with van der Waals surface area (Å²) in [4.78, 5) is 29.3. The highest BCUT2D eigenvalue weighted by Crippen LogP contribution is 2.51. The van der Waals surface area contributed by atoms with Gasteiger partial charge in [-0.05, 0) is 37.5 Å². The fraction of sp³-hybridized carbons (Fsp3) is 0.889. The minimum atomic E-state index is -0.774. The van der Waals surface area contributed by atoms with Crippen LogP contribution in [0.1, 0.15) is 44.9 Å². The lowest BCUT2D eigenvalue weighted by molar-refractivity contribution is -0.0620. The molecule has 5 fully saturated rings. The molecule has 1 atom stereocenters. The Kier molecular flexibility index (Phi) is 3.30. The molecule has 0 aromatic rings. The van der Waals surface area contributed by atoms with Crippen molar-refractivity contribution < 1.29 is 19.4 Å². The van der Waals surface area contributed by atoms with Crippen molar-refractivity contribution in [3.63, 3.8) is 0 Å². The highest BCUT2D eigenvalue weighted by atomic mass is 16.6. The van der Waals surface area contributed by atoms with E-state index in [0.717, 1.165) is 64.6 Å².